The Balaban J connectivity index is 2.24. The van der Waals surface area contributed by atoms with Gasteiger partial charge in [0.25, 0.3) is 0 Å². The number of halogens is 2. The Morgan fingerprint density at radius 1 is 1.39 bits per heavy atom. The van der Waals surface area contributed by atoms with Crippen LogP contribution in [0.3, 0.4) is 0 Å². The highest BCUT2D eigenvalue weighted by atomic mass is 35.5. The van der Waals surface area contributed by atoms with E-state index in [1.54, 1.807) is 6.07 Å². The maximum absolute atomic E-state index is 13.8. The van der Waals surface area contributed by atoms with Gasteiger partial charge >= 0.3 is 0 Å². The van der Waals surface area contributed by atoms with Crippen LogP contribution < -0.4 is 0 Å². The summed E-state index contributed by atoms with van der Waals surface area (Å²) >= 11 is 5.76. The fraction of sp³-hybridized carbons (Fsp3) is 0.235. The zero-order valence-electron chi connectivity index (χ0n) is 12.7. The molecule has 0 aliphatic rings. The molecule has 2 aromatic heterocycles. The van der Waals surface area contributed by atoms with Crippen LogP contribution in [0.2, 0.25) is 5.02 Å². The molecule has 0 spiro atoms. The molecule has 0 atom stereocenters. The van der Waals surface area contributed by atoms with Crippen LogP contribution in [-0.2, 0) is 6.54 Å². The second-order valence-corrected chi connectivity index (χ2v) is 6.16. The lowest BCUT2D eigenvalue weighted by Gasteiger charge is -2.06. The maximum Gasteiger partial charge on any atom is 0.161 e. The first-order valence-corrected chi connectivity index (χ1v) is 7.58. The molecule has 0 saturated carbocycles. The Morgan fingerprint density at radius 3 is 2.83 bits per heavy atom. The van der Waals surface area contributed by atoms with E-state index in [1.165, 1.54) is 18.3 Å². The fourth-order valence-corrected chi connectivity index (χ4v) is 2.63. The Morgan fingerprint density at radius 2 is 2.17 bits per heavy atom. The molecule has 23 heavy (non-hydrogen) atoms. The first kappa shape index (κ1) is 15.4. The third-order valence-electron chi connectivity index (χ3n) is 3.47. The molecule has 0 bridgehead atoms. The van der Waals surface area contributed by atoms with Crippen molar-refractivity contribution >= 4 is 22.8 Å². The minimum Gasteiger partial charge on any atom is -0.330 e. The number of fused-ring (bicyclic) bond motifs is 1. The van der Waals surface area contributed by atoms with Crippen LogP contribution in [-0.4, -0.2) is 14.5 Å². The average molecular weight is 329 g/mol. The molecule has 0 aliphatic carbocycles. The van der Waals surface area contributed by atoms with Gasteiger partial charge in [-0.05, 0) is 23.6 Å². The van der Waals surface area contributed by atoms with Crippen LogP contribution in [0.5, 0.6) is 0 Å². The SMILES string of the molecule is CC(C)Cn1cc(-c2ccc(Cl)c(F)c2)c2ncc(C#N)nc21. The van der Waals surface area contributed by atoms with Gasteiger partial charge < -0.3 is 4.57 Å². The van der Waals surface area contributed by atoms with Gasteiger partial charge in [-0.25, -0.2) is 14.4 Å². The average Bonchev–Trinajstić information content (AvgIpc) is 2.87. The van der Waals surface area contributed by atoms with Gasteiger partial charge in [0.05, 0.1) is 11.2 Å². The van der Waals surface area contributed by atoms with E-state index in [0.717, 1.165) is 12.1 Å². The molecule has 3 rings (SSSR count). The molecule has 3 aromatic rings. The Bertz CT molecular complexity index is 924. The third-order valence-corrected chi connectivity index (χ3v) is 3.78. The van der Waals surface area contributed by atoms with Gasteiger partial charge in [-0.15, -0.1) is 0 Å². The lowest BCUT2D eigenvalue weighted by atomic mass is 10.1. The standard InChI is InChI=1S/C17H14ClFN4/c1-10(2)8-23-9-13(11-3-4-14(18)15(19)5-11)16-17(23)22-12(6-20)7-21-16/h3-5,7,9-10H,8H2,1-2H3. The fourth-order valence-electron chi connectivity index (χ4n) is 2.51. The Labute approximate surface area is 138 Å². The first-order valence-electron chi connectivity index (χ1n) is 7.21. The summed E-state index contributed by atoms with van der Waals surface area (Å²) in [5.41, 5.74) is 2.98. The van der Waals surface area contributed by atoms with Gasteiger partial charge in [0.2, 0.25) is 0 Å². The van der Waals surface area contributed by atoms with Crippen molar-refractivity contribution in [3.8, 4) is 17.2 Å². The van der Waals surface area contributed by atoms with E-state index in [-0.39, 0.29) is 10.7 Å². The van der Waals surface area contributed by atoms with Gasteiger partial charge in [-0.3, -0.25) is 0 Å². The summed E-state index contributed by atoms with van der Waals surface area (Å²) < 4.78 is 15.7. The summed E-state index contributed by atoms with van der Waals surface area (Å²) in [6.07, 6.45) is 3.33. The minimum atomic E-state index is -0.476. The summed E-state index contributed by atoms with van der Waals surface area (Å²) in [7, 11) is 0. The number of benzene rings is 1. The summed E-state index contributed by atoms with van der Waals surface area (Å²) in [5, 5.41) is 9.12. The molecule has 0 radical (unpaired) electrons. The molecule has 2 heterocycles. The molecule has 0 N–H and O–H groups in total. The van der Waals surface area contributed by atoms with E-state index < -0.39 is 5.82 Å². The first-order chi connectivity index (χ1) is 11.0. The number of hydrogen-bond acceptors (Lipinski definition) is 3. The zero-order chi connectivity index (χ0) is 16.6. The number of nitriles is 1. The van der Waals surface area contributed by atoms with Crippen LogP contribution in [0.25, 0.3) is 22.3 Å². The molecule has 0 amide bonds. The second-order valence-electron chi connectivity index (χ2n) is 5.76. The maximum atomic E-state index is 13.8. The molecule has 6 heteroatoms. The van der Waals surface area contributed by atoms with E-state index >= 15 is 0 Å². The second kappa shape index (κ2) is 5.98. The molecule has 0 fully saturated rings. The Kier molecular flexibility index (Phi) is 4.01. The zero-order valence-corrected chi connectivity index (χ0v) is 13.5. The molecular weight excluding hydrogens is 315 g/mol. The lowest BCUT2D eigenvalue weighted by Crippen LogP contribution is -2.04. The van der Waals surface area contributed by atoms with Gasteiger partial charge in [0.15, 0.2) is 11.3 Å². The van der Waals surface area contributed by atoms with Gasteiger partial charge in [-0.2, -0.15) is 5.26 Å². The highest BCUT2D eigenvalue weighted by Crippen LogP contribution is 2.31. The predicted octanol–water partition coefficient (Wildman–Crippen LogP) is 4.42. The van der Waals surface area contributed by atoms with Crippen LogP contribution >= 0.6 is 11.6 Å². The van der Waals surface area contributed by atoms with Gasteiger partial charge in [-0.1, -0.05) is 31.5 Å². The smallest absolute Gasteiger partial charge is 0.161 e. The summed E-state index contributed by atoms with van der Waals surface area (Å²) in [4.78, 5) is 8.70. The van der Waals surface area contributed by atoms with E-state index in [4.69, 9.17) is 16.9 Å². The summed E-state index contributed by atoms with van der Waals surface area (Å²) in [6, 6.07) is 6.66. The lowest BCUT2D eigenvalue weighted by molar-refractivity contribution is 0.533. The van der Waals surface area contributed by atoms with Crippen molar-refractivity contribution in [1.82, 2.24) is 14.5 Å². The monoisotopic (exact) mass is 328 g/mol. The summed E-state index contributed by atoms with van der Waals surface area (Å²) in [5.74, 6) is -0.0801. The van der Waals surface area contributed by atoms with Crippen molar-refractivity contribution in [1.29, 1.82) is 5.26 Å². The molecule has 0 saturated heterocycles. The molecule has 116 valence electrons. The Hall–Kier alpha value is -2.45. The topological polar surface area (TPSA) is 54.5 Å². The van der Waals surface area contributed by atoms with Crippen molar-refractivity contribution in [2.24, 2.45) is 5.92 Å². The van der Waals surface area contributed by atoms with Crippen molar-refractivity contribution in [3.05, 3.63) is 47.1 Å². The van der Waals surface area contributed by atoms with Crippen molar-refractivity contribution in [3.63, 3.8) is 0 Å². The van der Waals surface area contributed by atoms with E-state index in [0.29, 0.717) is 22.6 Å². The number of hydrogen-bond donors (Lipinski definition) is 0. The molecule has 0 aliphatic heterocycles. The van der Waals surface area contributed by atoms with Crippen molar-refractivity contribution in [2.45, 2.75) is 20.4 Å². The third kappa shape index (κ3) is 2.90. The molecular formula is C17H14ClFN4. The van der Waals surface area contributed by atoms with Crippen LogP contribution in [0.1, 0.15) is 19.5 Å². The highest BCUT2D eigenvalue weighted by Gasteiger charge is 2.15. The normalized spacial score (nSPS) is 11.1. The predicted molar refractivity (Wildman–Crippen MR) is 87.5 cm³/mol. The number of rotatable bonds is 3. The van der Waals surface area contributed by atoms with E-state index in [2.05, 4.69) is 23.8 Å². The number of aromatic nitrogens is 3. The van der Waals surface area contributed by atoms with Gasteiger partial charge in [0, 0.05) is 18.3 Å². The molecule has 4 nitrogen and oxygen atoms in total. The molecule has 1 aromatic carbocycles. The largest absolute Gasteiger partial charge is 0.330 e. The quantitative estimate of drug-likeness (QED) is 0.715. The van der Waals surface area contributed by atoms with E-state index in [9.17, 15) is 4.39 Å². The highest BCUT2D eigenvalue weighted by molar-refractivity contribution is 6.30. The minimum absolute atomic E-state index is 0.0810. The summed E-state index contributed by atoms with van der Waals surface area (Å²) in [6.45, 7) is 4.92. The van der Waals surface area contributed by atoms with Gasteiger partial charge in [0.1, 0.15) is 17.4 Å². The molecule has 0 unspecified atom stereocenters. The van der Waals surface area contributed by atoms with E-state index in [1.807, 2.05) is 16.8 Å². The van der Waals surface area contributed by atoms with Crippen molar-refractivity contribution in [2.75, 3.05) is 0 Å². The van der Waals surface area contributed by atoms with Crippen LogP contribution in [0.4, 0.5) is 4.39 Å². The number of nitrogens with zero attached hydrogens (tertiary/aromatic N) is 4. The van der Waals surface area contributed by atoms with Crippen LogP contribution in [0.15, 0.2) is 30.6 Å². The van der Waals surface area contributed by atoms with Crippen LogP contribution in [0, 0.1) is 23.1 Å². The van der Waals surface area contributed by atoms with Crippen molar-refractivity contribution < 1.29 is 4.39 Å².